The summed E-state index contributed by atoms with van der Waals surface area (Å²) in [5.41, 5.74) is 11.0. The van der Waals surface area contributed by atoms with E-state index < -0.39 is 0 Å². The standard InChI is InChI=1S/C26H30N8O/c1-17-23(25-28-15-16-34(25)33-24(17)30-21-9-7-18(27)8-10-21)29-20-11-13-22(14-12-20)32-26(35)31-19-5-3-2-4-6-19/h2-6,11-16,18,21,29H,7-10,27H2,1H3,(H,30,33)(H2,31,32,35)/t18-,21-. The molecule has 1 fully saturated rings. The van der Waals surface area contributed by atoms with Crippen molar-refractivity contribution >= 4 is 40.2 Å². The zero-order chi connectivity index (χ0) is 24.2. The quantitative estimate of drug-likeness (QED) is 0.267. The van der Waals surface area contributed by atoms with Gasteiger partial charge in [0.05, 0.1) is 5.69 Å². The fourth-order valence-electron chi connectivity index (χ4n) is 4.37. The largest absolute Gasteiger partial charge is 0.366 e. The molecule has 2 amide bonds. The lowest BCUT2D eigenvalue weighted by Gasteiger charge is -2.28. The van der Waals surface area contributed by atoms with Crippen molar-refractivity contribution in [3.05, 3.63) is 72.6 Å². The van der Waals surface area contributed by atoms with Crippen LogP contribution in [0.1, 0.15) is 31.2 Å². The smallest absolute Gasteiger partial charge is 0.323 e. The first-order valence-electron chi connectivity index (χ1n) is 11.9. The minimum Gasteiger partial charge on any atom is -0.366 e. The maximum atomic E-state index is 12.3. The van der Waals surface area contributed by atoms with E-state index in [-0.39, 0.29) is 6.03 Å². The second kappa shape index (κ2) is 10.0. The predicted octanol–water partition coefficient (Wildman–Crippen LogP) is 5.11. The average Bonchev–Trinajstić information content (AvgIpc) is 3.33. The Morgan fingerprint density at radius 1 is 0.943 bits per heavy atom. The topological polar surface area (TPSA) is 121 Å². The van der Waals surface area contributed by atoms with Crippen LogP contribution in [-0.2, 0) is 0 Å². The molecule has 1 aliphatic carbocycles. The number of imidazole rings is 1. The van der Waals surface area contributed by atoms with Crippen LogP contribution in [0.5, 0.6) is 0 Å². The number of carbonyl (C=O) groups is 1. The Bertz CT molecular complexity index is 1290. The van der Waals surface area contributed by atoms with Gasteiger partial charge in [-0.1, -0.05) is 18.2 Å². The molecule has 0 bridgehead atoms. The first kappa shape index (κ1) is 22.7. The summed E-state index contributed by atoms with van der Waals surface area (Å²) in [6.45, 7) is 2.05. The van der Waals surface area contributed by atoms with Gasteiger partial charge in [-0.2, -0.15) is 0 Å². The molecule has 6 N–H and O–H groups in total. The Morgan fingerprint density at radius 2 is 1.60 bits per heavy atom. The Kier molecular flexibility index (Phi) is 6.49. The molecule has 0 saturated heterocycles. The summed E-state index contributed by atoms with van der Waals surface area (Å²) in [5.74, 6) is 0.842. The number of anilines is 5. The molecule has 0 aliphatic heterocycles. The van der Waals surface area contributed by atoms with Crippen LogP contribution in [-0.4, -0.2) is 32.7 Å². The summed E-state index contributed by atoms with van der Waals surface area (Å²) in [6.07, 6.45) is 7.73. The molecule has 35 heavy (non-hydrogen) atoms. The highest BCUT2D eigenvalue weighted by Gasteiger charge is 2.21. The number of fused-ring (bicyclic) bond motifs is 1. The van der Waals surface area contributed by atoms with Crippen molar-refractivity contribution in [3.63, 3.8) is 0 Å². The first-order chi connectivity index (χ1) is 17.0. The van der Waals surface area contributed by atoms with Crippen molar-refractivity contribution in [2.24, 2.45) is 5.73 Å². The van der Waals surface area contributed by atoms with Crippen LogP contribution < -0.4 is 27.0 Å². The molecule has 0 atom stereocenters. The average molecular weight is 471 g/mol. The molecule has 0 unspecified atom stereocenters. The number of hydrogen-bond acceptors (Lipinski definition) is 6. The van der Waals surface area contributed by atoms with Crippen LogP contribution in [0.15, 0.2) is 67.0 Å². The van der Waals surface area contributed by atoms with Crippen LogP contribution in [0, 0.1) is 6.92 Å². The fraction of sp³-hybridized carbons (Fsp3) is 0.269. The van der Waals surface area contributed by atoms with Crippen LogP contribution >= 0.6 is 0 Å². The highest BCUT2D eigenvalue weighted by atomic mass is 16.2. The molecule has 0 radical (unpaired) electrons. The van der Waals surface area contributed by atoms with E-state index in [2.05, 4.69) is 26.3 Å². The summed E-state index contributed by atoms with van der Waals surface area (Å²) in [4.78, 5) is 16.8. The second-order valence-electron chi connectivity index (χ2n) is 8.95. The van der Waals surface area contributed by atoms with E-state index in [1.165, 1.54) is 0 Å². The lowest BCUT2D eigenvalue weighted by Crippen LogP contribution is -2.33. The minimum absolute atomic E-state index is 0.291. The summed E-state index contributed by atoms with van der Waals surface area (Å²) in [7, 11) is 0. The van der Waals surface area contributed by atoms with E-state index in [0.717, 1.165) is 59.8 Å². The summed E-state index contributed by atoms with van der Waals surface area (Å²) >= 11 is 0. The van der Waals surface area contributed by atoms with Gasteiger partial charge in [-0.15, -0.1) is 5.10 Å². The maximum absolute atomic E-state index is 12.3. The van der Waals surface area contributed by atoms with Gasteiger partial charge in [0.2, 0.25) is 0 Å². The third-order valence-electron chi connectivity index (χ3n) is 6.34. The third kappa shape index (κ3) is 5.36. The molecule has 4 aromatic rings. The highest BCUT2D eigenvalue weighted by molar-refractivity contribution is 5.99. The Labute approximate surface area is 204 Å². The second-order valence-corrected chi connectivity index (χ2v) is 8.95. The molecule has 180 valence electrons. The van der Waals surface area contributed by atoms with E-state index in [0.29, 0.717) is 17.8 Å². The Morgan fingerprint density at radius 3 is 2.31 bits per heavy atom. The molecule has 2 aromatic heterocycles. The molecule has 9 nitrogen and oxygen atoms in total. The van der Waals surface area contributed by atoms with Gasteiger partial charge in [-0.25, -0.2) is 14.3 Å². The lowest BCUT2D eigenvalue weighted by molar-refractivity contribution is 0.262. The molecule has 0 spiro atoms. The number of urea groups is 1. The third-order valence-corrected chi connectivity index (χ3v) is 6.34. The van der Waals surface area contributed by atoms with Crippen LogP contribution in [0.25, 0.3) is 5.65 Å². The molecule has 1 saturated carbocycles. The molecular weight excluding hydrogens is 440 g/mol. The number of para-hydroxylation sites is 1. The fourth-order valence-corrected chi connectivity index (χ4v) is 4.37. The van der Waals surface area contributed by atoms with Gasteiger partial charge in [0.15, 0.2) is 11.5 Å². The Hall–Kier alpha value is -4.11. The van der Waals surface area contributed by atoms with Gasteiger partial charge in [0.25, 0.3) is 0 Å². The highest BCUT2D eigenvalue weighted by Crippen LogP contribution is 2.31. The number of nitrogens with zero attached hydrogens (tertiary/aromatic N) is 3. The number of nitrogens with two attached hydrogens (primary N) is 1. The number of rotatable bonds is 6. The van der Waals surface area contributed by atoms with Gasteiger partial charge in [0.1, 0.15) is 0 Å². The zero-order valence-electron chi connectivity index (χ0n) is 19.7. The van der Waals surface area contributed by atoms with Crippen molar-refractivity contribution in [2.75, 3.05) is 21.3 Å². The minimum atomic E-state index is -0.291. The van der Waals surface area contributed by atoms with Gasteiger partial charge >= 0.3 is 6.03 Å². The van der Waals surface area contributed by atoms with Crippen molar-refractivity contribution in [2.45, 2.75) is 44.7 Å². The van der Waals surface area contributed by atoms with Crippen molar-refractivity contribution in [3.8, 4) is 0 Å². The van der Waals surface area contributed by atoms with E-state index in [1.807, 2.05) is 67.7 Å². The summed E-state index contributed by atoms with van der Waals surface area (Å²) < 4.78 is 1.79. The normalized spacial score (nSPS) is 17.7. The number of amides is 2. The predicted molar refractivity (Wildman–Crippen MR) is 140 cm³/mol. The summed E-state index contributed by atoms with van der Waals surface area (Å²) in [6, 6.07) is 17.3. The number of hydrogen-bond donors (Lipinski definition) is 5. The molecule has 2 heterocycles. The van der Waals surface area contributed by atoms with Crippen LogP contribution in [0.4, 0.5) is 33.4 Å². The number of benzene rings is 2. The van der Waals surface area contributed by atoms with E-state index in [9.17, 15) is 4.79 Å². The van der Waals surface area contributed by atoms with Crippen molar-refractivity contribution < 1.29 is 4.79 Å². The van der Waals surface area contributed by atoms with E-state index in [1.54, 1.807) is 10.7 Å². The zero-order valence-corrected chi connectivity index (χ0v) is 19.7. The monoisotopic (exact) mass is 470 g/mol. The van der Waals surface area contributed by atoms with Gasteiger partial charge in [-0.05, 0) is 69.0 Å². The molecule has 9 heteroatoms. The van der Waals surface area contributed by atoms with Crippen LogP contribution in [0.2, 0.25) is 0 Å². The summed E-state index contributed by atoms with van der Waals surface area (Å²) in [5, 5.41) is 17.5. The molecule has 1 aliphatic rings. The Balaban J connectivity index is 1.30. The maximum Gasteiger partial charge on any atom is 0.323 e. The van der Waals surface area contributed by atoms with Gasteiger partial charge in [0, 0.05) is 47.1 Å². The SMILES string of the molecule is Cc1c(N[C@H]2CC[C@H](N)CC2)nn2ccnc2c1Nc1ccc(NC(=O)Nc2ccccc2)cc1. The van der Waals surface area contributed by atoms with Gasteiger partial charge < -0.3 is 27.0 Å². The number of aromatic nitrogens is 3. The molecule has 5 rings (SSSR count). The lowest BCUT2D eigenvalue weighted by atomic mass is 9.92. The van der Waals surface area contributed by atoms with Crippen LogP contribution in [0.3, 0.4) is 0 Å². The molecular formula is C26H30N8O. The van der Waals surface area contributed by atoms with E-state index in [4.69, 9.17) is 10.8 Å². The first-order valence-corrected chi connectivity index (χ1v) is 11.9. The van der Waals surface area contributed by atoms with E-state index >= 15 is 0 Å². The van der Waals surface area contributed by atoms with Gasteiger partial charge in [-0.3, -0.25) is 0 Å². The number of carbonyl (C=O) groups excluding carboxylic acids is 1. The van der Waals surface area contributed by atoms with Crippen molar-refractivity contribution in [1.82, 2.24) is 14.6 Å². The molecule has 2 aromatic carbocycles. The van der Waals surface area contributed by atoms with Crippen molar-refractivity contribution in [1.29, 1.82) is 0 Å². The number of nitrogens with one attached hydrogen (secondary N) is 4.